The van der Waals surface area contributed by atoms with E-state index in [-0.39, 0.29) is 24.0 Å². The van der Waals surface area contributed by atoms with Crippen LogP contribution >= 0.6 is 11.3 Å². The van der Waals surface area contributed by atoms with Gasteiger partial charge in [-0.1, -0.05) is 12.6 Å². The lowest BCUT2D eigenvalue weighted by atomic mass is 9.99. The van der Waals surface area contributed by atoms with Gasteiger partial charge in [0.2, 0.25) is 11.8 Å². The molecule has 11 heteroatoms. The quantitative estimate of drug-likeness (QED) is 0.363. The Morgan fingerprint density at radius 3 is 2.63 bits per heavy atom. The molecule has 6 nitrogen and oxygen atoms in total. The number of anilines is 1. The number of ether oxygens (including phenoxy) is 1. The van der Waals surface area contributed by atoms with E-state index in [1.807, 2.05) is 6.07 Å². The van der Waals surface area contributed by atoms with Gasteiger partial charge in [0.15, 0.2) is 5.13 Å². The van der Waals surface area contributed by atoms with Crippen molar-refractivity contribution in [1.29, 1.82) is 0 Å². The smallest absolute Gasteiger partial charge is 0.419 e. The average Bonchev–Trinajstić information content (AvgIpc) is 3.24. The van der Waals surface area contributed by atoms with Crippen LogP contribution in [0.5, 0.6) is 11.5 Å². The summed E-state index contributed by atoms with van der Waals surface area (Å²) in [5.74, 6) is -1.69. The second-order valence-corrected chi connectivity index (χ2v) is 8.61. The molecule has 2 amide bonds. The third kappa shape index (κ3) is 5.86. The molecular weight excluding hydrogens is 486 g/mol. The van der Waals surface area contributed by atoms with E-state index in [0.29, 0.717) is 48.2 Å². The Balaban J connectivity index is 1.42. The Hall–Kier alpha value is -3.73. The molecule has 0 aliphatic carbocycles. The summed E-state index contributed by atoms with van der Waals surface area (Å²) in [5, 5.41) is 4.63. The van der Waals surface area contributed by atoms with Crippen molar-refractivity contribution in [1.82, 2.24) is 9.88 Å². The van der Waals surface area contributed by atoms with Crippen LogP contribution in [0.25, 0.3) is 0 Å². The van der Waals surface area contributed by atoms with Crippen molar-refractivity contribution in [3.8, 4) is 11.5 Å². The molecule has 0 bridgehead atoms. The highest BCUT2D eigenvalue weighted by atomic mass is 32.1. The molecule has 0 radical (unpaired) electrons. The second-order valence-electron chi connectivity index (χ2n) is 7.75. The number of carbonyl (C=O) groups is 2. The van der Waals surface area contributed by atoms with Gasteiger partial charge in [-0.25, -0.2) is 9.37 Å². The maximum Gasteiger partial charge on any atom is 0.419 e. The first-order valence-electron chi connectivity index (χ1n) is 10.4. The molecule has 0 spiro atoms. The number of thiazole rings is 1. The van der Waals surface area contributed by atoms with Crippen LogP contribution in [-0.4, -0.2) is 28.2 Å². The lowest BCUT2D eigenvalue weighted by Gasteiger charge is -2.29. The van der Waals surface area contributed by atoms with Crippen molar-refractivity contribution in [3.63, 3.8) is 0 Å². The maximum atomic E-state index is 13.8. The summed E-state index contributed by atoms with van der Waals surface area (Å²) in [7, 11) is 0. The Labute approximate surface area is 201 Å². The van der Waals surface area contributed by atoms with Crippen LogP contribution in [-0.2, 0) is 35.2 Å². The number of aromatic nitrogens is 1. The molecule has 0 unspecified atom stereocenters. The van der Waals surface area contributed by atoms with Gasteiger partial charge in [0.05, 0.1) is 17.7 Å². The van der Waals surface area contributed by atoms with E-state index in [0.717, 1.165) is 23.3 Å². The highest BCUT2D eigenvalue weighted by Gasteiger charge is 2.34. The molecule has 0 saturated heterocycles. The zero-order valence-electron chi connectivity index (χ0n) is 18.2. The van der Waals surface area contributed by atoms with Crippen LogP contribution in [0, 0.1) is 5.82 Å². The van der Waals surface area contributed by atoms with Gasteiger partial charge < -0.3 is 9.64 Å². The Kier molecular flexibility index (Phi) is 6.88. The van der Waals surface area contributed by atoms with E-state index < -0.39 is 17.6 Å². The topological polar surface area (TPSA) is 71.5 Å². The predicted octanol–water partition coefficient (Wildman–Crippen LogP) is 5.35. The number of alkyl halides is 3. The van der Waals surface area contributed by atoms with Crippen molar-refractivity contribution in [3.05, 3.63) is 82.6 Å². The predicted molar refractivity (Wildman–Crippen MR) is 122 cm³/mol. The van der Waals surface area contributed by atoms with Crippen LogP contribution in [0.1, 0.15) is 22.4 Å². The van der Waals surface area contributed by atoms with Gasteiger partial charge >= 0.3 is 6.18 Å². The van der Waals surface area contributed by atoms with Gasteiger partial charge in [-0.15, -0.1) is 11.3 Å². The minimum atomic E-state index is -4.79. The van der Waals surface area contributed by atoms with E-state index in [1.54, 1.807) is 22.4 Å². The normalized spacial score (nSPS) is 13.2. The molecule has 0 saturated carbocycles. The summed E-state index contributed by atoms with van der Waals surface area (Å²) >= 11 is 1.21. The fourth-order valence-electron chi connectivity index (χ4n) is 3.60. The summed E-state index contributed by atoms with van der Waals surface area (Å²) in [4.78, 5) is 30.1. The van der Waals surface area contributed by atoms with Crippen LogP contribution in [0.2, 0.25) is 0 Å². The fourth-order valence-corrected chi connectivity index (χ4v) is 4.32. The highest BCUT2D eigenvalue weighted by molar-refractivity contribution is 7.14. The van der Waals surface area contributed by atoms with E-state index in [1.165, 1.54) is 11.3 Å². The van der Waals surface area contributed by atoms with Gasteiger partial charge in [0.25, 0.3) is 0 Å². The van der Waals surface area contributed by atoms with Gasteiger partial charge in [0.1, 0.15) is 17.3 Å². The molecule has 1 aliphatic heterocycles. The number of nitrogens with one attached hydrogen (secondary N) is 1. The van der Waals surface area contributed by atoms with Crippen LogP contribution in [0.15, 0.2) is 54.4 Å². The van der Waals surface area contributed by atoms with Crippen molar-refractivity contribution < 1.29 is 31.9 Å². The van der Waals surface area contributed by atoms with Gasteiger partial charge in [0, 0.05) is 24.5 Å². The average molecular weight is 505 g/mol. The van der Waals surface area contributed by atoms with E-state index >= 15 is 0 Å². The summed E-state index contributed by atoms with van der Waals surface area (Å²) in [6, 6.07) is 7.55. The number of amides is 2. The number of fused-ring (bicyclic) bond motifs is 1. The molecule has 4 rings (SSSR count). The van der Waals surface area contributed by atoms with Crippen LogP contribution in [0.4, 0.5) is 22.7 Å². The van der Waals surface area contributed by atoms with Crippen LogP contribution in [0.3, 0.4) is 0 Å². The molecular formula is C24H19F4N3O3S. The minimum Gasteiger partial charge on any atom is -0.457 e. The first kappa shape index (κ1) is 24.4. The Bertz CT molecular complexity index is 1290. The highest BCUT2D eigenvalue weighted by Crippen LogP contribution is 2.34. The zero-order valence-corrected chi connectivity index (χ0v) is 19.0. The molecule has 182 valence electrons. The molecule has 0 fully saturated rings. The van der Waals surface area contributed by atoms with E-state index in [2.05, 4.69) is 16.9 Å². The Morgan fingerprint density at radius 1 is 1.17 bits per heavy atom. The summed E-state index contributed by atoms with van der Waals surface area (Å²) in [5.41, 5.74) is 1.01. The largest absolute Gasteiger partial charge is 0.457 e. The van der Waals surface area contributed by atoms with Crippen molar-refractivity contribution in [2.45, 2.75) is 25.6 Å². The zero-order chi connectivity index (χ0) is 25.2. The lowest BCUT2D eigenvalue weighted by molar-refractivity contribution is -0.140. The number of rotatable bonds is 6. The van der Waals surface area contributed by atoms with Gasteiger partial charge in [-0.2, -0.15) is 13.2 Å². The molecule has 1 aliphatic rings. The fraction of sp³-hybridized carbons (Fsp3) is 0.208. The number of benzene rings is 2. The first-order valence-corrected chi connectivity index (χ1v) is 11.3. The van der Waals surface area contributed by atoms with Crippen molar-refractivity contribution >= 4 is 28.3 Å². The SMILES string of the molecule is C=CC(=O)Nc1nc(CC(=O)N2CCc3ccc(Oc4ccc(C(F)(F)F)c(F)c4)cc3C2)cs1. The maximum absolute atomic E-state index is 13.8. The van der Waals surface area contributed by atoms with Gasteiger partial charge in [-0.3, -0.25) is 14.9 Å². The number of nitrogens with zero attached hydrogens (tertiary/aromatic N) is 2. The lowest BCUT2D eigenvalue weighted by Crippen LogP contribution is -2.37. The molecule has 3 aromatic rings. The summed E-state index contributed by atoms with van der Waals surface area (Å²) < 4.78 is 57.7. The van der Waals surface area contributed by atoms with Crippen LogP contribution < -0.4 is 10.1 Å². The number of hydrogen-bond donors (Lipinski definition) is 1. The molecule has 35 heavy (non-hydrogen) atoms. The molecule has 1 aromatic heterocycles. The van der Waals surface area contributed by atoms with Crippen molar-refractivity contribution in [2.24, 2.45) is 0 Å². The monoisotopic (exact) mass is 505 g/mol. The van der Waals surface area contributed by atoms with E-state index in [9.17, 15) is 27.2 Å². The molecule has 2 aromatic carbocycles. The summed E-state index contributed by atoms with van der Waals surface area (Å²) in [6.45, 7) is 4.21. The minimum absolute atomic E-state index is 0.0663. The number of carbonyl (C=O) groups excluding carboxylic acids is 2. The van der Waals surface area contributed by atoms with E-state index in [4.69, 9.17) is 4.74 Å². The summed E-state index contributed by atoms with van der Waals surface area (Å²) in [6.07, 6.45) is -2.97. The standard InChI is InChI=1S/C24H19F4N3O3S/c1-2-21(32)30-23-29-16(13-35-23)10-22(33)31-8-7-14-3-4-17(9-15(14)12-31)34-18-5-6-19(20(25)11-18)24(26,27)28/h2-6,9,11,13H,1,7-8,10,12H2,(H,29,30,32). The molecule has 0 atom stereocenters. The Morgan fingerprint density at radius 2 is 1.91 bits per heavy atom. The number of halogens is 4. The third-order valence-corrected chi connectivity index (χ3v) is 6.13. The third-order valence-electron chi connectivity index (χ3n) is 5.32. The second kappa shape index (κ2) is 9.87. The molecule has 2 heterocycles. The van der Waals surface area contributed by atoms with Gasteiger partial charge in [-0.05, 0) is 47.9 Å². The first-order chi connectivity index (χ1) is 16.6. The number of hydrogen-bond acceptors (Lipinski definition) is 5. The molecule has 1 N–H and O–H groups in total. The van der Waals surface area contributed by atoms with Crippen molar-refractivity contribution in [2.75, 3.05) is 11.9 Å².